The summed E-state index contributed by atoms with van der Waals surface area (Å²) in [6.45, 7) is 2.72. The van der Waals surface area contributed by atoms with Gasteiger partial charge in [-0.25, -0.2) is 9.59 Å². The van der Waals surface area contributed by atoms with Gasteiger partial charge in [0.2, 0.25) is 11.8 Å². The minimum atomic E-state index is -0.939. The number of benzene rings is 4. The van der Waals surface area contributed by atoms with E-state index in [1.54, 1.807) is 4.90 Å². The standard InChI is InChI=1S/C22H23NO5.C22H25NO4.C4H8O/c1-28-22(27)18-12-15(13-19(24)25)14-23(18)21(26)20(16-8-4-2-5-9-16)17-10-6-3-7-11-17;1-27-22(26)19-14-16(12-13-24)15-23(19)21(25)20(17-8-4-2-5-9-17)18-10-6-3-7-11-18;1-2-4-5-3-1/h2-11,15,18,20H,12-14H2,1H3,(H,24,25);2-11,16,19-20,24H,12-15H2,1H3;1-4H2/t15-,18+;16-,19-;/m10./s1. The first-order chi connectivity index (χ1) is 29.2. The van der Waals surface area contributed by atoms with Gasteiger partial charge in [-0.1, -0.05) is 121 Å². The van der Waals surface area contributed by atoms with Crippen LogP contribution in [0.4, 0.5) is 0 Å². The average Bonchev–Trinajstić information content (AvgIpc) is 4.09. The van der Waals surface area contributed by atoms with E-state index in [4.69, 9.17) is 19.3 Å². The molecule has 0 aliphatic carbocycles. The largest absolute Gasteiger partial charge is 0.481 e. The molecular formula is C48H56N2O10. The topological polar surface area (TPSA) is 160 Å². The first-order valence-corrected chi connectivity index (χ1v) is 20.5. The van der Waals surface area contributed by atoms with Crippen LogP contribution in [0.15, 0.2) is 121 Å². The second-order valence-electron chi connectivity index (χ2n) is 15.2. The number of aliphatic hydroxyl groups is 1. The third kappa shape index (κ3) is 12.1. The van der Waals surface area contributed by atoms with Crippen molar-refractivity contribution in [2.45, 2.75) is 62.4 Å². The van der Waals surface area contributed by atoms with E-state index in [9.17, 15) is 29.1 Å². The lowest BCUT2D eigenvalue weighted by Crippen LogP contribution is -2.43. The van der Waals surface area contributed by atoms with E-state index in [0.717, 1.165) is 35.5 Å². The van der Waals surface area contributed by atoms with Crippen molar-refractivity contribution in [2.75, 3.05) is 47.1 Å². The van der Waals surface area contributed by atoms with Gasteiger partial charge in [-0.15, -0.1) is 0 Å². The Bertz CT molecular complexity index is 1870. The molecule has 0 unspecified atom stereocenters. The van der Waals surface area contributed by atoms with Crippen molar-refractivity contribution in [1.29, 1.82) is 0 Å². The Kier molecular flexibility index (Phi) is 17.4. The molecule has 12 nitrogen and oxygen atoms in total. The summed E-state index contributed by atoms with van der Waals surface area (Å²) in [5.41, 5.74) is 3.43. The van der Waals surface area contributed by atoms with Crippen LogP contribution >= 0.6 is 0 Å². The molecule has 7 rings (SSSR count). The normalized spacial score (nSPS) is 19.5. The Balaban J connectivity index is 0.000000203. The number of aliphatic carboxylic acids is 1. The number of hydrogen-bond acceptors (Lipinski definition) is 9. The summed E-state index contributed by atoms with van der Waals surface area (Å²) in [5, 5.41) is 18.4. The maximum absolute atomic E-state index is 13.6. The second-order valence-corrected chi connectivity index (χ2v) is 15.2. The van der Waals surface area contributed by atoms with Gasteiger partial charge in [0.05, 0.1) is 26.1 Å². The summed E-state index contributed by atoms with van der Waals surface area (Å²) in [5.74, 6) is -3.42. The number of methoxy groups -OCH3 is 2. The quantitative estimate of drug-likeness (QED) is 0.161. The van der Waals surface area contributed by atoms with Crippen LogP contribution in [0.2, 0.25) is 0 Å². The van der Waals surface area contributed by atoms with Gasteiger partial charge in [0, 0.05) is 39.3 Å². The molecule has 0 aromatic heterocycles. The predicted octanol–water partition coefficient (Wildman–Crippen LogP) is 6.07. The van der Waals surface area contributed by atoms with Crippen LogP contribution in [-0.4, -0.2) is 109 Å². The average molecular weight is 821 g/mol. The first kappa shape index (κ1) is 45.2. The number of nitrogens with zero attached hydrogens (tertiary/aromatic N) is 2. The third-order valence-electron chi connectivity index (χ3n) is 11.1. The fourth-order valence-corrected chi connectivity index (χ4v) is 8.22. The fourth-order valence-electron chi connectivity index (χ4n) is 8.22. The maximum Gasteiger partial charge on any atom is 0.328 e. The molecule has 0 spiro atoms. The molecule has 0 saturated carbocycles. The molecule has 4 atom stereocenters. The van der Waals surface area contributed by atoms with Gasteiger partial charge in [0.15, 0.2) is 0 Å². The number of aliphatic hydroxyl groups excluding tert-OH is 1. The zero-order valence-electron chi connectivity index (χ0n) is 34.3. The molecule has 2 N–H and O–H groups in total. The SMILES string of the molecule is C1CCOC1.COC(=O)[C@@H]1C[C@H](CC(=O)O)CN1C(=O)C(c1ccccc1)c1ccccc1.COC(=O)[C@@H]1C[C@H](CCO)CN1C(=O)C(c1ccccc1)c1ccccc1. The molecule has 3 aliphatic rings. The smallest absolute Gasteiger partial charge is 0.328 e. The van der Waals surface area contributed by atoms with Crippen LogP contribution in [0.1, 0.15) is 72.6 Å². The van der Waals surface area contributed by atoms with E-state index in [1.807, 2.05) is 121 Å². The lowest BCUT2D eigenvalue weighted by atomic mass is 9.90. The van der Waals surface area contributed by atoms with Gasteiger partial charge in [0.25, 0.3) is 0 Å². The minimum absolute atomic E-state index is 0.0430. The Morgan fingerprint density at radius 2 is 0.950 bits per heavy atom. The van der Waals surface area contributed by atoms with Gasteiger partial charge >= 0.3 is 17.9 Å². The highest BCUT2D eigenvalue weighted by Gasteiger charge is 2.44. The van der Waals surface area contributed by atoms with Gasteiger partial charge in [-0.05, 0) is 66.2 Å². The van der Waals surface area contributed by atoms with Crippen LogP contribution in [-0.2, 0) is 38.2 Å². The van der Waals surface area contributed by atoms with E-state index in [0.29, 0.717) is 25.8 Å². The number of likely N-dealkylation sites (tertiary alicyclic amines) is 2. The number of carbonyl (C=O) groups is 5. The molecule has 2 amide bonds. The molecule has 3 saturated heterocycles. The van der Waals surface area contributed by atoms with Crippen molar-refractivity contribution in [3.63, 3.8) is 0 Å². The Labute approximate surface area is 352 Å². The Morgan fingerprint density at radius 3 is 1.25 bits per heavy atom. The fraction of sp³-hybridized carbons (Fsp3) is 0.396. The predicted molar refractivity (Wildman–Crippen MR) is 225 cm³/mol. The summed E-state index contributed by atoms with van der Waals surface area (Å²) >= 11 is 0. The molecule has 0 bridgehead atoms. The number of amides is 2. The molecule has 4 aromatic carbocycles. The molecular weight excluding hydrogens is 765 g/mol. The van der Waals surface area contributed by atoms with Crippen LogP contribution in [0, 0.1) is 11.8 Å². The minimum Gasteiger partial charge on any atom is -0.481 e. The lowest BCUT2D eigenvalue weighted by Gasteiger charge is -2.28. The summed E-state index contributed by atoms with van der Waals surface area (Å²) in [6.07, 6.45) is 3.85. The lowest BCUT2D eigenvalue weighted by molar-refractivity contribution is -0.151. The van der Waals surface area contributed by atoms with Crippen molar-refractivity contribution in [1.82, 2.24) is 9.80 Å². The van der Waals surface area contributed by atoms with Gasteiger partial charge in [-0.2, -0.15) is 0 Å². The second kappa shape index (κ2) is 23.1. The van der Waals surface area contributed by atoms with Crippen LogP contribution in [0.25, 0.3) is 0 Å². The van der Waals surface area contributed by atoms with Crippen molar-refractivity contribution in [3.05, 3.63) is 144 Å². The van der Waals surface area contributed by atoms with Crippen molar-refractivity contribution in [2.24, 2.45) is 11.8 Å². The summed E-state index contributed by atoms with van der Waals surface area (Å²) in [4.78, 5) is 66.0. The first-order valence-electron chi connectivity index (χ1n) is 20.5. The van der Waals surface area contributed by atoms with Crippen molar-refractivity contribution < 1.29 is 48.4 Å². The highest BCUT2D eigenvalue weighted by molar-refractivity contribution is 5.92. The number of carboxylic acid groups (broad SMARTS) is 1. The van der Waals surface area contributed by atoms with Crippen molar-refractivity contribution in [3.8, 4) is 0 Å². The summed E-state index contributed by atoms with van der Waals surface area (Å²) in [6, 6.07) is 36.6. The van der Waals surface area contributed by atoms with Gasteiger partial charge in [0.1, 0.15) is 12.1 Å². The van der Waals surface area contributed by atoms with Crippen LogP contribution in [0.3, 0.4) is 0 Å². The Hall–Kier alpha value is -5.85. The maximum atomic E-state index is 13.6. The molecule has 3 fully saturated rings. The molecule has 3 heterocycles. The van der Waals surface area contributed by atoms with Crippen LogP contribution < -0.4 is 0 Å². The van der Waals surface area contributed by atoms with E-state index in [1.165, 1.54) is 32.0 Å². The monoisotopic (exact) mass is 820 g/mol. The Morgan fingerprint density at radius 1 is 0.600 bits per heavy atom. The highest BCUT2D eigenvalue weighted by atomic mass is 16.5. The molecule has 0 radical (unpaired) electrons. The molecule has 3 aliphatic heterocycles. The number of carbonyl (C=O) groups excluding carboxylic acids is 4. The molecule has 60 heavy (non-hydrogen) atoms. The number of esters is 2. The zero-order valence-corrected chi connectivity index (χ0v) is 34.3. The number of hydrogen-bond donors (Lipinski definition) is 2. The number of rotatable bonds is 12. The molecule has 4 aromatic rings. The van der Waals surface area contributed by atoms with E-state index >= 15 is 0 Å². The molecule has 318 valence electrons. The summed E-state index contributed by atoms with van der Waals surface area (Å²) < 4.78 is 14.8. The van der Waals surface area contributed by atoms with Crippen LogP contribution in [0.5, 0.6) is 0 Å². The molecule has 12 heteroatoms. The zero-order chi connectivity index (χ0) is 42.9. The number of ether oxygens (including phenoxy) is 3. The number of carboxylic acids is 1. The van der Waals surface area contributed by atoms with Crippen molar-refractivity contribution >= 4 is 29.7 Å². The van der Waals surface area contributed by atoms with Gasteiger partial charge < -0.3 is 34.2 Å². The van der Waals surface area contributed by atoms with E-state index in [2.05, 4.69) is 0 Å². The third-order valence-corrected chi connectivity index (χ3v) is 11.1. The van der Waals surface area contributed by atoms with E-state index in [-0.39, 0.29) is 43.2 Å². The van der Waals surface area contributed by atoms with E-state index < -0.39 is 41.8 Å². The van der Waals surface area contributed by atoms with Gasteiger partial charge in [-0.3, -0.25) is 14.4 Å². The highest BCUT2D eigenvalue weighted by Crippen LogP contribution is 2.35. The summed E-state index contributed by atoms with van der Waals surface area (Å²) in [7, 11) is 2.62.